The molecule has 0 radical (unpaired) electrons. The van der Waals surface area contributed by atoms with E-state index in [1.54, 1.807) is 4.68 Å². The maximum Gasteiger partial charge on any atom is 0.319 e. The van der Waals surface area contributed by atoms with Gasteiger partial charge < -0.3 is 10.6 Å². The van der Waals surface area contributed by atoms with Gasteiger partial charge in [-0.3, -0.25) is 0 Å². The third kappa shape index (κ3) is 3.75. The van der Waals surface area contributed by atoms with E-state index >= 15 is 0 Å². The first-order chi connectivity index (χ1) is 11.6. The summed E-state index contributed by atoms with van der Waals surface area (Å²) < 4.78 is 1.61. The normalized spacial score (nSPS) is 10.4. The first-order valence-corrected chi connectivity index (χ1v) is 7.57. The number of hydrogen-bond acceptors (Lipinski definition) is 4. The minimum absolute atomic E-state index is 0.262. The number of aromatic nitrogens is 4. The third-order valence-corrected chi connectivity index (χ3v) is 3.51. The summed E-state index contributed by atoms with van der Waals surface area (Å²) in [5.74, 6) is 0.677. The fraction of sp³-hybridized carbons (Fsp3) is 0.176. The third-order valence-electron chi connectivity index (χ3n) is 3.51. The molecule has 1 heterocycles. The Labute approximate surface area is 139 Å². The molecule has 0 spiro atoms. The molecular formula is C17H18N6O. The maximum atomic E-state index is 12.1. The summed E-state index contributed by atoms with van der Waals surface area (Å²) in [5.41, 5.74) is 3.68. The first-order valence-electron chi connectivity index (χ1n) is 7.57. The summed E-state index contributed by atoms with van der Waals surface area (Å²) >= 11 is 0. The van der Waals surface area contributed by atoms with Gasteiger partial charge in [-0.1, -0.05) is 35.9 Å². The molecule has 122 valence electrons. The largest absolute Gasteiger partial charge is 0.334 e. The van der Waals surface area contributed by atoms with Gasteiger partial charge in [0.2, 0.25) is 0 Å². The number of carbonyl (C=O) groups is 1. The lowest BCUT2D eigenvalue weighted by molar-refractivity contribution is 0.251. The van der Waals surface area contributed by atoms with Gasteiger partial charge in [-0.25, -0.2) is 4.79 Å². The number of urea groups is 1. The predicted octanol–water partition coefficient (Wildman–Crippen LogP) is 2.60. The lowest BCUT2D eigenvalue weighted by atomic mass is 10.1. The van der Waals surface area contributed by atoms with E-state index in [0.717, 1.165) is 11.3 Å². The van der Waals surface area contributed by atoms with E-state index in [1.807, 2.05) is 62.4 Å². The Morgan fingerprint density at radius 2 is 1.96 bits per heavy atom. The second-order valence-corrected chi connectivity index (χ2v) is 5.48. The predicted molar refractivity (Wildman–Crippen MR) is 90.9 cm³/mol. The van der Waals surface area contributed by atoms with Crippen LogP contribution in [0.5, 0.6) is 0 Å². The van der Waals surface area contributed by atoms with Gasteiger partial charge in [-0.2, -0.15) is 4.68 Å². The highest BCUT2D eigenvalue weighted by Crippen LogP contribution is 2.14. The zero-order valence-corrected chi connectivity index (χ0v) is 13.5. The number of anilines is 1. The van der Waals surface area contributed by atoms with E-state index < -0.39 is 0 Å². The van der Waals surface area contributed by atoms with Crippen molar-refractivity contribution in [3.63, 3.8) is 0 Å². The van der Waals surface area contributed by atoms with Crippen molar-refractivity contribution in [2.75, 3.05) is 5.32 Å². The number of nitrogens with one attached hydrogen (secondary N) is 2. The Bertz CT molecular complexity index is 858. The van der Waals surface area contributed by atoms with Crippen molar-refractivity contribution in [1.29, 1.82) is 0 Å². The number of benzene rings is 2. The average Bonchev–Trinajstić information content (AvgIpc) is 2.99. The zero-order chi connectivity index (χ0) is 16.9. The number of rotatable bonds is 4. The van der Waals surface area contributed by atoms with E-state index in [1.165, 1.54) is 5.56 Å². The quantitative estimate of drug-likeness (QED) is 0.773. The van der Waals surface area contributed by atoms with Crippen molar-refractivity contribution >= 4 is 11.7 Å². The topological polar surface area (TPSA) is 84.7 Å². The molecule has 0 aliphatic carbocycles. The van der Waals surface area contributed by atoms with Crippen LogP contribution in [0.2, 0.25) is 0 Å². The van der Waals surface area contributed by atoms with E-state index in [2.05, 4.69) is 26.2 Å². The average molecular weight is 322 g/mol. The van der Waals surface area contributed by atoms with E-state index in [4.69, 9.17) is 0 Å². The Balaban J connectivity index is 1.63. The lowest BCUT2D eigenvalue weighted by Crippen LogP contribution is -2.28. The van der Waals surface area contributed by atoms with Gasteiger partial charge in [0.1, 0.15) is 0 Å². The number of carbonyl (C=O) groups excluding carboxylic acids is 1. The van der Waals surface area contributed by atoms with Crippen LogP contribution in [-0.2, 0) is 6.54 Å². The summed E-state index contributed by atoms with van der Waals surface area (Å²) in [5, 5.41) is 17.1. The highest BCUT2D eigenvalue weighted by Gasteiger charge is 2.06. The molecule has 0 atom stereocenters. The summed E-state index contributed by atoms with van der Waals surface area (Å²) in [6, 6.07) is 15.1. The van der Waals surface area contributed by atoms with Crippen molar-refractivity contribution in [2.45, 2.75) is 20.4 Å². The Morgan fingerprint density at radius 3 is 2.71 bits per heavy atom. The minimum Gasteiger partial charge on any atom is -0.334 e. The fourth-order valence-corrected chi connectivity index (χ4v) is 2.37. The van der Waals surface area contributed by atoms with Gasteiger partial charge in [0.25, 0.3) is 0 Å². The standard InChI is InChI=1S/C17H18N6O/c1-12-5-3-6-14(9-12)11-18-17(24)19-15-7-4-8-16(10-15)23-13(2)20-21-22-23/h3-10H,11H2,1-2H3,(H2,18,19,24). The number of aryl methyl sites for hydroxylation is 2. The molecule has 0 saturated carbocycles. The molecule has 3 aromatic rings. The summed E-state index contributed by atoms with van der Waals surface area (Å²) in [6.45, 7) is 4.31. The first kappa shape index (κ1) is 15.7. The van der Waals surface area contributed by atoms with Gasteiger partial charge in [-0.05, 0) is 48.0 Å². The van der Waals surface area contributed by atoms with Crippen LogP contribution < -0.4 is 10.6 Å². The van der Waals surface area contributed by atoms with Gasteiger partial charge in [0.15, 0.2) is 5.82 Å². The molecule has 7 nitrogen and oxygen atoms in total. The molecule has 0 bridgehead atoms. The van der Waals surface area contributed by atoms with Crippen LogP contribution in [-0.4, -0.2) is 26.2 Å². The summed E-state index contributed by atoms with van der Waals surface area (Å²) in [4.78, 5) is 12.1. The van der Waals surface area contributed by atoms with Crippen LogP contribution in [0.4, 0.5) is 10.5 Å². The van der Waals surface area contributed by atoms with Crippen molar-refractivity contribution < 1.29 is 4.79 Å². The van der Waals surface area contributed by atoms with Crippen molar-refractivity contribution in [2.24, 2.45) is 0 Å². The zero-order valence-electron chi connectivity index (χ0n) is 13.5. The molecule has 0 fully saturated rings. The number of hydrogen-bond donors (Lipinski definition) is 2. The molecule has 0 aliphatic heterocycles. The second kappa shape index (κ2) is 6.91. The van der Waals surface area contributed by atoms with E-state index in [-0.39, 0.29) is 6.03 Å². The molecule has 0 saturated heterocycles. The van der Waals surface area contributed by atoms with Crippen LogP contribution in [0.15, 0.2) is 48.5 Å². The molecular weight excluding hydrogens is 304 g/mol. The fourth-order valence-electron chi connectivity index (χ4n) is 2.37. The molecule has 2 aromatic carbocycles. The number of amides is 2. The molecule has 2 amide bonds. The molecule has 24 heavy (non-hydrogen) atoms. The Hall–Kier alpha value is -3.22. The van der Waals surface area contributed by atoms with Gasteiger partial charge in [-0.15, -0.1) is 5.10 Å². The van der Waals surface area contributed by atoms with Crippen LogP contribution in [0, 0.1) is 13.8 Å². The highest BCUT2D eigenvalue weighted by molar-refractivity contribution is 5.89. The maximum absolute atomic E-state index is 12.1. The number of tetrazole rings is 1. The Morgan fingerprint density at radius 1 is 1.12 bits per heavy atom. The SMILES string of the molecule is Cc1cccc(CNC(=O)Nc2cccc(-n3nnnc3C)c2)c1. The summed E-state index contributed by atoms with van der Waals surface area (Å²) in [7, 11) is 0. The Kier molecular flexibility index (Phi) is 4.51. The molecule has 7 heteroatoms. The van der Waals surface area contributed by atoms with Crippen LogP contribution in [0.25, 0.3) is 5.69 Å². The minimum atomic E-state index is -0.262. The second-order valence-electron chi connectivity index (χ2n) is 5.48. The number of nitrogens with zero attached hydrogens (tertiary/aromatic N) is 4. The van der Waals surface area contributed by atoms with Gasteiger partial charge in [0, 0.05) is 12.2 Å². The van der Waals surface area contributed by atoms with E-state index in [0.29, 0.717) is 18.1 Å². The highest BCUT2D eigenvalue weighted by atomic mass is 16.2. The summed E-state index contributed by atoms with van der Waals surface area (Å²) in [6.07, 6.45) is 0. The molecule has 3 rings (SSSR count). The molecule has 2 N–H and O–H groups in total. The van der Waals surface area contributed by atoms with Gasteiger partial charge >= 0.3 is 6.03 Å². The lowest BCUT2D eigenvalue weighted by Gasteiger charge is -2.09. The van der Waals surface area contributed by atoms with Crippen LogP contribution in [0.3, 0.4) is 0 Å². The van der Waals surface area contributed by atoms with Crippen LogP contribution in [0.1, 0.15) is 17.0 Å². The van der Waals surface area contributed by atoms with Crippen molar-refractivity contribution in [3.05, 3.63) is 65.5 Å². The van der Waals surface area contributed by atoms with Crippen molar-refractivity contribution in [3.8, 4) is 5.69 Å². The van der Waals surface area contributed by atoms with Crippen molar-refractivity contribution in [1.82, 2.24) is 25.5 Å². The van der Waals surface area contributed by atoms with Gasteiger partial charge in [0.05, 0.1) is 5.69 Å². The monoisotopic (exact) mass is 322 g/mol. The van der Waals surface area contributed by atoms with Crippen LogP contribution >= 0.6 is 0 Å². The molecule has 1 aromatic heterocycles. The smallest absolute Gasteiger partial charge is 0.319 e. The molecule has 0 aliphatic rings. The van der Waals surface area contributed by atoms with E-state index in [9.17, 15) is 4.79 Å². The molecule has 0 unspecified atom stereocenters.